The van der Waals surface area contributed by atoms with Crippen molar-refractivity contribution in [1.82, 2.24) is 15.1 Å². The monoisotopic (exact) mass is 239 g/mol. The smallest absolute Gasteiger partial charge is 0.0538 e. The molecule has 0 fully saturated rings. The summed E-state index contributed by atoms with van der Waals surface area (Å²) in [6.07, 6.45) is 7.85. The second-order valence-electron chi connectivity index (χ2n) is 4.77. The molecule has 3 heteroatoms. The Bertz CT molecular complexity index is 531. The second-order valence-corrected chi connectivity index (χ2v) is 4.77. The third-order valence-electron chi connectivity index (χ3n) is 3.49. The minimum atomic E-state index is 0.550. The lowest BCUT2D eigenvalue weighted by Crippen LogP contribution is -2.28. The number of nitrogens with one attached hydrogen (secondary N) is 1. The summed E-state index contributed by atoms with van der Waals surface area (Å²) < 4.78 is 1.74. The minimum Gasteiger partial charge on any atom is -0.309 e. The second kappa shape index (κ2) is 4.78. The molecule has 2 aromatic rings. The lowest BCUT2D eigenvalue weighted by Gasteiger charge is -2.10. The first kappa shape index (κ1) is 11.2. The van der Waals surface area contributed by atoms with Gasteiger partial charge in [0.25, 0.3) is 0 Å². The Labute approximate surface area is 107 Å². The molecule has 1 aliphatic carbocycles. The molecule has 0 atom stereocenters. The maximum absolute atomic E-state index is 4.18. The molecule has 3 rings (SSSR count). The Morgan fingerprint density at radius 3 is 2.67 bits per heavy atom. The van der Waals surface area contributed by atoms with Crippen LogP contribution in [0.2, 0.25) is 0 Å². The van der Waals surface area contributed by atoms with Gasteiger partial charge in [-0.25, -0.2) is 4.68 Å². The van der Waals surface area contributed by atoms with Crippen LogP contribution < -0.4 is 5.32 Å². The lowest BCUT2D eigenvalue weighted by molar-refractivity contribution is 0.533. The van der Waals surface area contributed by atoms with Crippen molar-refractivity contribution in [3.8, 4) is 0 Å². The molecule has 0 aliphatic heterocycles. The molecule has 1 aromatic carbocycles. The van der Waals surface area contributed by atoms with Crippen LogP contribution in [0, 0.1) is 0 Å². The van der Waals surface area contributed by atoms with E-state index in [2.05, 4.69) is 41.3 Å². The van der Waals surface area contributed by atoms with E-state index in [0.29, 0.717) is 6.04 Å². The van der Waals surface area contributed by atoms with E-state index in [0.717, 1.165) is 19.4 Å². The van der Waals surface area contributed by atoms with Gasteiger partial charge in [-0.05, 0) is 24.0 Å². The Kier molecular flexibility index (Phi) is 2.99. The molecule has 0 spiro atoms. The first-order valence-electron chi connectivity index (χ1n) is 6.31. The zero-order valence-corrected chi connectivity index (χ0v) is 10.3. The largest absolute Gasteiger partial charge is 0.309 e. The summed E-state index contributed by atoms with van der Waals surface area (Å²) in [4.78, 5) is 0. The molecular formula is C15H17N3. The highest BCUT2D eigenvalue weighted by Crippen LogP contribution is 2.21. The van der Waals surface area contributed by atoms with E-state index in [1.54, 1.807) is 10.9 Å². The van der Waals surface area contributed by atoms with Crippen LogP contribution in [0.25, 0.3) is 6.20 Å². The lowest BCUT2D eigenvalue weighted by atomic mass is 10.1. The van der Waals surface area contributed by atoms with Gasteiger partial charge in [-0.15, -0.1) is 0 Å². The highest BCUT2D eigenvalue weighted by molar-refractivity contribution is 5.33. The average molecular weight is 239 g/mol. The van der Waals surface area contributed by atoms with Gasteiger partial charge >= 0.3 is 0 Å². The van der Waals surface area contributed by atoms with Gasteiger partial charge in [0.1, 0.15) is 0 Å². The van der Waals surface area contributed by atoms with E-state index in [1.807, 2.05) is 12.4 Å². The van der Waals surface area contributed by atoms with Crippen LogP contribution in [-0.2, 0) is 19.4 Å². The van der Waals surface area contributed by atoms with E-state index in [1.165, 1.54) is 16.7 Å². The fourth-order valence-electron chi connectivity index (χ4n) is 2.53. The van der Waals surface area contributed by atoms with Crippen molar-refractivity contribution in [2.45, 2.75) is 25.4 Å². The van der Waals surface area contributed by atoms with Gasteiger partial charge in [0.2, 0.25) is 0 Å². The van der Waals surface area contributed by atoms with E-state index < -0.39 is 0 Å². The van der Waals surface area contributed by atoms with Gasteiger partial charge in [0.05, 0.1) is 6.20 Å². The van der Waals surface area contributed by atoms with Crippen LogP contribution in [0.3, 0.4) is 0 Å². The normalized spacial score (nSPS) is 14.7. The van der Waals surface area contributed by atoms with Crippen LogP contribution in [0.1, 0.15) is 16.7 Å². The first-order valence-corrected chi connectivity index (χ1v) is 6.31. The fourth-order valence-corrected chi connectivity index (χ4v) is 2.53. The molecule has 1 aromatic heterocycles. The molecule has 0 unspecified atom stereocenters. The predicted molar refractivity (Wildman–Crippen MR) is 73.1 cm³/mol. The number of rotatable bonds is 4. The van der Waals surface area contributed by atoms with Gasteiger partial charge in [0.15, 0.2) is 0 Å². The number of hydrogen-bond acceptors (Lipinski definition) is 2. The molecule has 1 N–H and O–H groups in total. The molecule has 92 valence electrons. The van der Waals surface area contributed by atoms with Crippen molar-refractivity contribution < 1.29 is 0 Å². The summed E-state index contributed by atoms with van der Waals surface area (Å²) in [7, 11) is 0. The van der Waals surface area contributed by atoms with Gasteiger partial charge in [0, 0.05) is 30.5 Å². The van der Waals surface area contributed by atoms with Crippen molar-refractivity contribution in [3.05, 3.63) is 59.9 Å². The molecule has 0 bridgehead atoms. The summed E-state index contributed by atoms with van der Waals surface area (Å²) in [5, 5.41) is 7.77. The van der Waals surface area contributed by atoms with Crippen LogP contribution in [0.15, 0.2) is 43.2 Å². The Balaban J connectivity index is 1.58. The highest BCUT2D eigenvalue weighted by Gasteiger charge is 2.20. The van der Waals surface area contributed by atoms with Crippen LogP contribution in [-0.4, -0.2) is 15.8 Å². The molecule has 0 radical (unpaired) electrons. The number of hydrogen-bond donors (Lipinski definition) is 1. The zero-order valence-electron chi connectivity index (χ0n) is 10.3. The molecule has 3 nitrogen and oxygen atoms in total. The summed E-state index contributed by atoms with van der Waals surface area (Å²) in [6.45, 7) is 4.56. The predicted octanol–water partition coefficient (Wildman–Crippen LogP) is 2.24. The van der Waals surface area contributed by atoms with Gasteiger partial charge in [-0.2, -0.15) is 5.10 Å². The Morgan fingerprint density at radius 2 is 2.06 bits per heavy atom. The van der Waals surface area contributed by atoms with E-state index in [4.69, 9.17) is 0 Å². The number of benzene rings is 1. The third-order valence-corrected chi connectivity index (χ3v) is 3.49. The Morgan fingerprint density at radius 1 is 1.33 bits per heavy atom. The molecular weight excluding hydrogens is 222 g/mol. The van der Waals surface area contributed by atoms with Gasteiger partial charge in [-0.3, -0.25) is 0 Å². The summed E-state index contributed by atoms with van der Waals surface area (Å²) in [6, 6.07) is 9.25. The molecule has 0 saturated heterocycles. The Hall–Kier alpha value is -1.87. The number of fused-ring (bicyclic) bond motifs is 1. The molecule has 18 heavy (non-hydrogen) atoms. The fraction of sp³-hybridized carbons (Fsp3) is 0.267. The third kappa shape index (κ3) is 2.22. The van der Waals surface area contributed by atoms with Crippen molar-refractivity contribution in [3.63, 3.8) is 0 Å². The molecule has 0 saturated carbocycles. The van der Waals surface area contributed by atoms with E-state index in [-0.39, 0.29) is 0 Å². The zero-order chi connectivity index (χ0) is 12.4. The summed E-state index contributed by atoms with van der Waals surface area (Å²) in [5.74, 6) is 0. The van der Waals surface area contributed by atoms with Crippen LogP contribution in [0.4, 0.5) is 0 Å². The maximum Gasteiger partial charge on any atom is 0.0538 e. The first-order chi connectivity index (χ1) is 8.85. The summed E-state index contributed by atoms with van der Waals surface area (Å²) in [5.41, 5.74) is 4.17. The molecule has 0 amide bonds. The number of nitrogens with zero attached hydrogens (tertiary/aromatic N) is 2. The van der Waals surface area contributed by atoms with Crippen molar-refractivity contribution in [2.24, 2.45) is 0 Å². The number of aromatic nitrogens is 2. The van der Waals surface area contributed by atoms with Crippen molar-refractivity contribution in [1.29, 1.82) is 0 Å². The molecule has 1 heterocycles. The summed E-state index contributed by atoms with van der Waals surface area (Å²) >= 11 is 0. The van der Waals surface area contributed by atoms with Gasteiger partial charge in [-0.1, -0.05) is 30.8 Å². The average Bonchev–Trinajstić information content (AvgIpc) is 3.02. The molecule has 1 aliphatic rings. The van der Waals surface area contributed by atoms with Gasteiger partial charge < -0.3 is 5.32 Å². The van der Waals surface area contributed by atoms with Crippen molar-refractivity contribution >= 4 is 6.20 Å². The van der Waals surface area contributed by atoms with Crippen LogP contribution in [0.5, 0.6) is 0 Å². The highest BCUT2D eigenvalue weighted by atomic mass is 15.2. The van der Waals surface area contributed by atoms with E-state index >= 15 is 0 Å². The standard InChI is InChI=1S/C15H17N3/c1-2-18-11-12(10-17-18)9-16-15-7-13-5-3-4-6-14(13)8-15/h2-6,10-11,15-16H,1,7-9H2. The minimum absolute atomic E-state index is 0.550. The quantitative estimate of drug-likeness (QED) is 0.886. The van der Waals surface area contributed by atoms with E-state index in [9.17, 15) is 0 Å². The SMILES string of the molecule is C=Cn1cc(CNC2Cc3ccccc3C2)cn1. The topological polar surface area (TPSA) is 29.9 Å². The van der Waals surface area contributed by atoms with Crippen LogP contribution >= 0.6 is 0 Å². The van der Waals surface area contributed by atoms with Crippen molar-refractivity contribution in [2.75, 3.05) is 0 Å². The maximum atomic E-state index is 4.18.